The zero-order valence-corrected chi connectivity index (χ0v) is 12.6. The Morgan fingerprint density at radius 3 is 3.00 bits per heavy atom. The van der Waals surface area contributed by atoms with E-state index in [1.807, 2.05) is 17.5 Å². The van der Waals surface area contributed by atoms with Crippen molar-refractivity contribution in [2.75, 3.05) is 13.1 Å². The largest absolute Gasteiger partial charge is 0.311 e. The van der Waals surface area contributed by atoms with Gasteiger partial charge in [-0.15, -0.1) is 11.3 Å². The lowest BCUT2D eigenvalue weighted by molar-refractivity contribution is 0.129. The third kappa shape index (κ3) is 3.53. The normalized spacial score (nSPS) is 25.5. The fourth-order valence-corrected chi connectivity index (χ4v) is 3.40. The first-order valence-corrected chi connectivity index (χ1v) is 7.95. The number of nitrogens with one attached hydrogen (secondary N) is 1. The van der Waals surface area contributed by atoms with Crippen molar-refractivity contribution in [1.82, 2.24) is 15.2 Å². The summed E-state index contributed by atoms with van der Waals surface area (Å²) >= 11 is 1.87. The van der Waals surface area contributed by atoms with Crippen molar-refractivity contribution in [3.63, 3.8) is 0 Å². The van der Waals surface area contributed by atoms with E-state index in [4.69, 9.17) is 0 Å². The average Bonchev–Trinajstić information content (AvgIpc) is 2.81. The Morgan fingerprint density at radius 2 is 2.33 bits per heavy atom. The molecule has 2 atom stereocenters. The van der Waals surface area contributed by atoms with Crippen LogP contribution in [0, 0.1) is 0 Å². The van der Waals surface area contributed by atoms with Crippen LogP contribution >= 0.6 is 11.3 Å². The third-order valence-electron chi connectivity index (χ3n) is 3.71. The van der Waals surface area contributed by atoms with Gasteiger partial charge in [-0.05, 0) is 19.8 Å². The van der Waals surface area contributed by atoms with Crippen molar-refractivity contribution in [3.05, 3.63) is 16.1 Å². The molecule has 1 saturated heterocycles. The summed E-state index contributed by atoms with van der Waals surface area (Å²) in [7, 11) is 0. The molecule has 3 nitrogen and oxygen atoms in total. The zero-order valence-electron chi connectivity index (χ0n) is 11.8. The number of rotatable bonds is 5. The van der Waals surface area contributed by atoms with Gasteiger partial charge in [0.1, 0.15) is 5.01 Å². The molecule has 2 heterocycles. The van der Waals surface area contributed by atoms with Crippen LogP contribution in [0.1, 0.15) is 43.5 Å². The third-order valence-corrected chi connectivity index (χ3v) is 4.83. The molecule has 1 aromatic rings. The van der Waals surface area contributed by atoms with E-state index in [1.54, 1.807) is 0 Å². The second-order valence-electron chi connectivity index (χ2n) is 5.25. The molecule has 1 N–H and O–H groups in total. The predicted molar refractivity (Wildman–Crippen MR) is 78.1 cm³/mol. The highest BCUT2D eigenvalue weighted by Crippen LogP contribution is 2.19. The molecule has 0 amide bonds. The molecule has 0 radical (unpaired) electrons. The Bertz CT molecular complexity index is 364. The van der Waals surface area contributed by atoms with E-state index in [9.17, 15) is 0 Å². The van der Waals surface area contributed by atoms with Crippen molar-refractivity contribution in [3.8, 4) is 0 Å². The van der Waals surface area contributed by atoms with Crippen molar-refractivity contribution in [1.29, 1.82) is 0 Å². The van der Waals surface area contributed by atoms with Crippen molar-refractivity contribution >= 4 is 11.3 Å². The topological polar surface area (TPSA) is 28.2 Å². The summed E-state index contributed by atoms with van der Waals surface area (Å²) in [6.45, 7) is 10.1. The van der Waals surface area contributed by atoms with E-state index in [1.165, 1.54) is 22.7 Å². The van der Waals surface area contributed by atoms with Gasteiger partial charge in [-0.25, -0.2) is 4.98 Å². The summed E-state index contributed by atoms with van der Waals surface area (Å²) in [4.78, 5) is 8.52. The maximum atomic E-state index is 4.54. The van der Waals surface area contributed by atoms with Crippen LogP contribution in [0.25, 0.3) is 0 Å². The van der Waals surface area contributed by atoms with Gasteiger partial charge < -0.3 is 5.32 Å². The molecule has 0 saturated carbocycles. The van der Waals surface area contributed by atoms with Crippen LogP contribution in [-0.4, -0.2) is 35.1 Å². The molecule has 102 valence electrons. The highest BCUT2D eigenvalue weighted by molar-refractivity contribution is 7.11. The van der Waals surface area contributed by atoms with E-state index in [0.717, 1.165) is 26.1 Å². The van der Waals surface area contributed by atoms with Crippen LogP contribution in [0.5, 0.6) is 0 Å². The maximum absolute atomic E-state index is 4.54. The molecule has 0 aromatic carbocycles. The minimum absolute atomic E-state index is 0.618. The highest BCUT2D eigenvalue weighted by Gasteiger charge is 2.24. The number of aromatic nitrogens is 1. The summed E-state index contributed by atoms with van der Waals surface area (Å²) < 4.78 is 0. The minimum atomic E-state index is 0.618. The van der Waals surface area contributed by atoms with E-state index in [0.29, 0.717) is 12.1 Å². The van der Waals surface area contributed by atoms with Gasteiger partial charge >= 0.3 is 0 Å². The summed E-state index contributed by atoms with van der Waals surface area (Å²) in [5, 5.41) is 4.92. The second kappa shape index (κ2) is 6.64. The molecule has 2 rings (SSSR count). The lowest BCUT2D eigenvalue weighted by Crippen LogP contribution is -2.54. The van der Waals surface area contributed by atoms with E-state index in [-0.39, 0.29) is 0 Å². The monoisotopic (exact) mass is 267 g/mol. The van der Waals surface area contributed by atoms with Gasteiger partial charge in [-0.2, -0.15) is 0 Å². The fraction of sp³-hybridized carbons (Fsp3) is 0.786. The van der Waals surface area contributed by atoms with E-state index < -0.39 is 0 Å². The summed E-state index contributed by atoms with van der Waals surface area (Å²) in [5.41, 5.74) is 0. The standard InChI is InChI=1S/C14H25N3S/c1-4-6-12-9-17(11(3)7-15-12)10-14-16-8-13(5-2)18-14/h8,11-12,15H,4-7,9-10H2,1-3H3. The van der Waals surface area contributed by atoms with Crippen molar-refractivity contribution < 1.29 is 0 Å². The summed E-state index contributed by atoms with van der Waals surface area (Å²) in [6, 6.07) is 1.28. The zero-order chi connectivity index (χ0) is 13.0. The Labute approximate surface area is 115 Å². The molecule has 4 heteroatoms. The van der Waals surface area contributed by atoms with Crippen LogP contribution in [0.15, 0.2) is 6.20 Å². The average molecular weight is 267 g/mol. The lowest BCUT2D eigenvalue weighted by atomic mass is 10.1. The fourth-order valence-electron chi connectivity index (χ4n) is 2.51. The molecule has 0 spiro atoms. The smallest absolute Gasteiger partial charge is 0.107 e. The number of aryl methyl sites for hydroxylation is 1. The molecule has 1 aliphatic rings. The van der Waals surface area contributed by atoms with Crippen molar-refractivity contribution in [2.45, 2.75) is 58.7 Å². The molecular formula is C14H25N3S. The number of hydrogen-bond acceptors (Lipinski definition) is 4. The number of hydrogen-bond donors (Lipinski definition) is 1. The molecule has 1 aliphatic heterocycles. The van der Waals surface area contributed by atoms with Gasteiger partial charge in [0.15, 0.2) is 0 Å². The maximum Gasteiger partial charge on any atom is 0.107 e. The molecule has 2 unspecified atom stereocenters. The van der Waals surface area contributed by atoms with Crippen LogP contribution in [-0.2, 0) is 13.0 Å². The van der Waals surface area contributed by atoms with Gasteiger partial charge in [0.25, 0.3) is 0 Å². The molecule has 0 bridgehead atoms. The van der Waals surface area contributed by atoms with Crippen LogP contribution in [0.4, 0.5) is 0 Å². The quantitative estimate of drug-likeness (QED) is 0.889. The Morgan fingerprint density at radius 1 is 1.50 bits per heavy atom. The summed E-state index contributed by atoms with van der Waals surface area (Å²) in [6.07, 6.45) is 5.68. The van der Waals surface area contributed by atoms with Crippen LogP contribution in [0.3, 0.4) is 0 Å². The van der Waals surface area contributed by atoms with E-state index in [2.05, 4.69) is 36.0 Å². The minimum Gasteiger partial charge on any atom is -0.311 e. The number of nitrogens with zero attached hydrogens (tertiary/aromatic N) is 2. The van der Waals surface area contributed by atoms with Gasteiger partial charge in [0, 0.05) is 36.2 Å². The van der Waals surface area contributed by atoms with Gasteiger partial charge in [-0.1, -0.05) is 20.3 Å². The second-order valence-corrected chi connectivity index (χ2v) is 6.45. The highest BCUT2D eigenvalue weighted by atomic mass is 32.1. The molecular weight excluding hydrogens is 242 g/mol. The first kappa shape index (κ1) is 14.0. The lowest BCUT2D eigenvalue weighted by Gasteiger charge is -2.38. The number of piperazine rings is 1. The molecule has 1 fully saturated rings. The molecule has 1 aromatic heterocycles. The predicted octanol–water partition coefficient (Wildman–Crippen LogP) is 2.67. The van der Waals surface area contributed by atoms with Gasteiger partial charge in [-0.3, -0.25) is 4.90 Å². The number of thiazole rings is 1. The molecule has 18 heavy (non-hydrogen) atoms. The van der Waals surface area contributed by atoms with Crippen molar-refractivity contribution in [2.24, 2.45) is 0 Å². The SMILES string of the molecule is CCCC1CN(Cc2ncc(CC)s2)C(C)CN1. The first-order chi connectivity index (χ1) is 8.72. The Kier molecular flexibility index (Phi) is 5.15. The van der Waals surface area contributed by atoms with Gasteiger partial charge in [0.05, 0.1) is 6.54 Å². The van der Waals surface area contributed by atoms with Crippen LogP contribution in [0.2, 0.25) is 0 Å². The Hall–Kier alpha value is -0.450. The first-order valence-electron chi connectivity index (χ1n) is 7.14. The van der Waals surface area contributed by atoms with Gasteiger partial charge in [0.2, 0.25) is 0 Å². The Balaban J connectivity index is 1.93. The summed E-state index contributed by atoms with van der Waals surface area (Å²) in [5.74, 6) is 0. The van der Waals surface area contributed by atoms with Crippen LogP contribution < -0.4 is 5.32 Å². The van der Waals surface area contributed by atoms with E-state index >= 15 is 0 Å². The molecule has 0 aliphatic carbocycles.